The Morgan fingerprint density at radius 1 is 0.757 bits per heavy atom. The van der Waals surface area contributed by atoms with Crippen molar-refractivity contribution in [3.63, 3.8) is 0 Å². The monoisotopic (exact) mass is 491 g/mol. The van der Waals surface area contributed by atoms with E-state index in [2.05, 4.69) is 20.6 Å². The van der Waals surface area contributed by atoms with Crippen LogP contribution < -0.4 is 15.5 Å². The molecule has 0 spiro atoms. The van der Waals surface area contributed by atoms with Crippen LogP contribution in [0.4, 0.5) is 23.0 Å². The molecule has 8 nitrogen and oxygen atoms in total. The zero-order valence-electron chi connectivity index (χ0n) is 20.9. The zero-order valence-corrected chi connectivity index (χ0v) is 20.9. The van der Waals surface area contributed by atoms with Crippen LogP contribution in [0.5, 0.6) is 0 Å². The summed E-state index contributed by atoms with van der Waals surface area (Å²) in [6.07, 6.45) is 0. The van der Waals surface area contributed by atoms with Crippen molar-refractivity contribution in [2.75, 3.05) is 15.5 Å². The van der Waals surface area contributed by atoms with E-state index >= 15 is 0 Å². The van der Waals surface area contributed by atoms with Crippen molar-refractivity contribution < 1.29 is 14.4 Å². The average molecular weight is 492 g/mol. The lowest BCUT2D eigenvalue weighted by Crippen LogP contribution is -2.30. The van der Waals surface area contributed by atoms with Crippen LogP contribution >= 0.6 is 0 Å². The number of aryl methyl sites for hydroxylation is 3. The Kier molecular flexibility index (Phi) is 6.01. The van der Waals surface area contributed by atoms with Gasteiger partial charge in [-0.1, -0.05) is 12.1 Å². The minimum atomic E-state index is -0.438. The van der Waals surface area contributed by atoms with E-state index in [0.717, 1.165) is 28.2 Å². The number of fused-ring (bicyclic) bond motifs is 1. The number of rotatable bonds is 5. The normalized spacial score (nSPS) is 12.5. The van der Waals surface area contributed by atoms with E-state index in [4.69, 9.17) is 0 Å². The first-order valence-electron chi connectivity index (χ1n) is 11.8. The van der Waals surface area contributed by atoms with Gasteiger partial charge in [0.25, 0.3) is 17.7 Å². The average Bonchev–Trinajstić information content (AvgIpc) is 3.11. The van der Waals surface area contributed by atoms with Crippen LogP contribution in [0.25, 0.3) is 0 Å². The Morgan fingerprint density at radius 2 is 1.41 bits per heavy atom. The third-order valence-corrected chi connectivity index (χ3v) is 6.35. The molecule has 0 radical (unpaired) electrons. The first-order valence-corrected chi connectivity index (χ1v) is 11.8. The number of amides is 3. The molecule has 8 heteroatoms. The highest BCUT2D eigenvalue weighted by molar-refractivity contribution is 6.35. The second-order valence-corrected chi connectivity index (χ2v) is 9.06. The summed E-state index contributed by atoms with van der Waals surface area (Å²) in [5.74, 6) is -0.711. The van der Waals surface area contributed by atoms with Gasteiger partial charge in [-0.05, 0) is 93.4 Å². The molecule has 5 rings (SSSR count). The molecule has 1 aliphatic heterocycles. The first kappa shape index (κ1) is 23.9. The highest BCUT2D eigenvalue weighted by atomic mass is 16.2. The molecule has 4 aromatic rings. The minimum absolute atomic E-state index is 0.214. The molecule has 0 fully saturated rings. The fourth-order valence-corrected chi connectivity index (χ4v) is 4.33. The summed E-state index contributed by atoms with van der Waals surface area (Å²) < 4.78 is 0. The molecule has 1 aliphatic rings. The Hall–Kier alpha value is -4.85. The summed E-state index contributed by atoms with van der Waals surface area (Å²) in [6, 6.07) is 19.1. The summed E-state index contributed by atoms with van der Waals surface area (Å²) in [7, 11) is 0. The number of carbonyl (C=O) groups is 3. The van der Waals surface area contributed by atoms with Gasteiger partial charge in [0, 0.05) is 28.3 Å². The highest BCUT2D eigenvalue weighted by Gasteiger charge is 2.37. The van der Waals surface area contributed by atoms with Crippen molar-refractivity contribution >= 4 is 40.7 Å². The second kappa shape index (κ2) is 9.31. The molecule has 2 N–H and O–H groups in total. The van der Waals surface area contributed by atoms with E-state index < -0.39 is 11.8 Å². The fraction of sp³-hybridized carbons (Fsp3) is 0.138. The van der Waals surface area contributed by atoms with Crippen molar-refractivity contribution in [2.24, 2.45) is 0 Å². The summed E-state index contributed by atoms with van der Waals surface area (Å²) >= 11 is 0. The lowest BCUT2D eigenvalue weighted by Gasteiger charge is -2.17. The third-order valence-electron chi connectivity index (χ3n) is 6.35. The molecule has 0 aliphatic carbocycles. The molecular weight excluding hydrogens is 466 g/mol. The maximum absolute atomic E-state index is 13.2. The SMILES string of the molecule is Cc1cc(C)nc(Nc2ccc(NC(=O)c3ccc4c(c3)C(=O)N(c3cccc(C)c3C)C4=O)cc2)n1. The van der Waals surface area contributed by atoms with Crippen LogP contribution in [-0.4, -0.2) is 27.7 Å². The van der Waals surface area contributed by atoms with Gasteiger partial charge in [-0.3, -0.25) is 14.4 Å². The molecule has 2 heterocycles. The molecule has 37 heavy (non-hydrogen) atoms. The predicted octanol–water partition coefficient (Wildman–Crippen LogP) is 5.51. The fourth-order valence-electron chi connectivity index (χ4n) is 4.33. The molecule has 0 atom stereocenters. The van der Waals surface area contributed by atoms with Crippen LogP contribution in [0.2, 0.25) is 0 Å². The Balaban J connectivity index is 1.32. The van der Waals surface area contributed by atoms with Crippen LogP contribution in [0.3, 0.4) is 0 Å². The molecular formula is C29H25N5O3. The third kappa shape index (κ3) is 4.56. The van der Waals surface area contributed by atoms with E-state index in [1.54, 1.807) is 24.3 Å². The smallest absolute Gasteiger partial charge is 0.266 e. The van der Waals surface area contributed by atoms with Gasteiger partial charge in [0.1, 0.15) is 0 Å². The number of carbonyl (C=O) groups excluding carboxylic acids is 3. The summed E-state index contributed by atoms with van der Waals surface area (Å²) in [5, 5.41) is 5.99. The Morgan fingerprint density at radius 3 is 2.11 bits per heavy atom. The van der Waals surface area contributed by atoms with E-state index in [-0.39, 0.29) is 22.6 Å². The lowest BCUT2D eigenvalue weighted by molar-refractivity contribution is 0.0925. The largest absolute Gasteiger partial charge is 0.324 e. The molecule has 0 bridgehead atoms. The van der Waals surface area contributed by atoms with E-state index in [1.165, 1.54) is 17.0 Å². The van der Waals surface area contributed by atoms with Crippen molar-refractivity contribution in [3.05, 3.63) is 106 Å². The van der Waals surface area contributed by atoms with Crippen LogP contribution in [0, 0.1) is 27.7 Å². The number of benzene rings is 3. The standard InChI is InChI=1S/C29H25N5O3/c1-16-6-5-7-25(19(16)4)34-27(36)23-13-8-20(15-24(23)28(34)37)26(35)32-21-9-11-22(12-10-21)33-29-30-17(2)14-18(3)31-29/h5-15H,1-4H3,(H,32,35)(H,30,31,33). The second-order valence-electron chi connectivity index (χ2n) is 9.06. The van der Waals surface area contributed by atoms with Gasteiger partial charge in [0.15, 0.2) is 0 Å². The number of hydrogen-bond acceptors (Lipinski definition) is 6. The van der Waals surface area contributed by atoms with Gasteiger partial charge in [0.2, 0.25) is 5.95 Å². The maximum Gasteiger partial charge on any atom is 0.266 e. The van der Waals surface area contributed by atoms with Crippen molar-refractivity contribution in [2.45, 2.75) is 27.7 Å². The molecule has 1 aromatic heterocycles. The summed E-state index contributed by atoms with van der Waals surface area (Å²) in [4.78, 5) is 49.1. The lowest BCUT2D eigenvalue weighted by atomic mass is 10.1. The molecule has 0 unspecified atom stereocenters. The molecule has 0 saturated carbocycles. The van der Waals surface area contributed by atoms with Crippen LogP contribution in [-0.2, 0) is 0 Å². The topological polar surface area (TPSA) is 104 Å². The number of nitrogens with zero attached hydrogens (tertiary/aromatic N) is 3. The molecule has 0 saturated heterocycles. The summed E-state index contributed by atoms with van der Waals surface area (Å²) in [5.41, 5.74) is 6.27. The van der Waals surface area contributed by atoms with Gasteiger partial charge < -0.3 is 10.6 Å². The summed E-state index contributed by atoms with van der Waals surface area (Å²) in [6.45, 7) is 7.62. The van der Waals surface area contributed by atoms with Crippen molar-refractivity contribution in [1.82, 2.24) is 9.97 Å². The quantitative estimate of drug-likeness (QED) is 0.357. The number of nitrogens with one attached hydrogen (secondary N) is 2. The van der Waals surface area contributed by atoms with Gasteiger partial charge in [-0.25, -0.2) is 14.9 Å². The van der Waals surface area contributed by atoms with Crippen LogP contribution in [0.15, 0.2) is 66.7 Å². The maximum atomic E-state index is 13.2. The predicted molar refractivity (Wildman–Crippen MR) is 143 cm³/mol. The number of hydrogen-bond donors (Lipinski definition) is 2. The van der Waals surface area contributed by atoms with E-state index in [9.17, 15) is 14.4 Å². The van der Waals surface area contributed by atoms with Gasteiger partial charge in [-0.2, -0.15) is 0 Å². The van der Waals surface area contributed by atoms with Gasteiger partial charge in [-0.15, -0.1) is 0 Å². The van der Waals surface area contributed by atoms with Crippen molar-refractivity contribution in [1.29, 1.82) is 0 Å². The number of anilines is 4. The van der Waals surface area contributed by atoms with Crippen LogP contribution in [0.1, 0.15) is 53.6 Å². The highest BCUT2D eigenvalue weighted by Crippen LogP contribution is 2.32. The molecule has 3 aromatic carbocycles. The van der Waals surface area contributed by atoms with Gasteiger partial charge >= 0.3 is 0 Å². The Bertz CT molecular complexity index is 1560. The number of imide groups is 1. The Labute approximate surface area is 214 Å². The van der Waals surface area contributed by atoms with Crippen molar-refractivity contribution in [3.8, 4) is 0 Å². The molecule has 3 amide bonds. The van der Waals surface area contributed by atoms with E-state index in [0.29, 0.717) is 17.3 Å². The molecule has 184 valence electrons. The first-order chi connectivity index (χ1) is 17.7. The van der Waals surface area contributed by atoms with Gasteiger partial charge in [0.05, 0.1) is 16.8 Å². The zero-order chi connectivity index (χ0) is 26.3. The minimum Gasteiger partial charge on any atom is -0.324 e. The van der Waals surface area contributed by atoms with E-state index in [1.807, 2.05) is 58.0 Å². The number of aromatic nitrogens is 2.